The fourth-order valence-corrected chi connectivity index (χ4v) is 3.70. The van der Waals surface area contributed by atoms with Crippen LogP contribution in [0.25, 0.3) is 21.7 Å². The molecule has 0 atom stereocenters. The first-order chi connectivity index (χ1) is 13.6. The van der Waals surface area contributed by atoms with Gasteiger partial charge < -0.3 is 15.4 Å². The number of carbonyl (C=O) groups excluding carboxylic acids is 1. The lowest BCUT2D eigenvalue weighted by Crippen LogP contribution is -2.13. The van der Waals surface area contributed by atoms with Crippen LogP contribution in [0.1, 0.15) is 45.2 Å². The highest BCUT2D eigenvalue weighted by atomic mass is 16.4. The van der Waals surface area contributed by atoms with Crippen molar-refractivity contribution in [2.75, 3.05) is 5.32 Å². The zero-order valence-corrected chi connectivity index (χ0v) is 15.0. The summed E-state index contributed by atoms with van der Waals surface area (Å²) in [6.45, 7) is 0. The molecule has 1 aliphatic carbocycles. The predicted molar refractivity (Wildman–Crippen MR) is 109 cm³/mol. The van der Waals surface area contributed by atoms with Crippen molar-refractivity contribution >= 4 is 39.2 Å². The molecule has 1 heterocycles. The van der Waals surface area contributed by atoms with E-state index in [-0.39, 0.29) is 11.5 Å². The van der Waals surface area contributed by atoms with Gasteiger partial charge >= 0.3 is 5.97 Å². The summed E-state index contributed by atoms with van der Waals surface area (Å²) >= 11 is 0. The maximum Gasteiger partial charge on any atom is 0.336 e. The van der Waals surface area contributed by atoms with E-state index in [1.54, 1.807) is 18.2 Å². The van der Waals surface area contributed by atoms with E-state index in [0.717, 1.165) is 16.3 Å². The van der Waals surface area contributed by atoms with Gasteiger partial charge in [0.1, 0.15) is 5.69 Å². The van der Waals surface area contributed by atoms with Gasteiger partial charge in [-0.25, -0.2) is 4.79 Å². The largest absolute Gasteiger partial charge is 0.478 e. The Kier molecular flexibility index (Phi) is 3.69. The monoisotopic (exact) mass is 370 g/mol. The Balaban J connectivity index is 1.48. The molecule has 28 heavy (non-hydrogen) atoms. The summed E-state index contributed by atoms with van der Waals surface area (Å²) in [5, 5.41) is 14.8. The molecule has 138 valence electrons. The van der Waals surface area contributed by atoms with Gasteiger partial charge in [0.2, 0.25) is 0 Å². The van der Waals surface area contributed by atoms with Crippen LogP contribution in [0.3, 0.4) is 0 Å². The highest BCUT2D eigenvalue weighted by molar-refractivity contribution is 6.10. The molecule has 5 rings (SSSR count). The summed E-state index contributed by atoms with van der Waals surface area (Å²) in [5.74, 6) is -0.662. The number of fused-ring (bicyclic) bond motifs is 2. The van der Waals surface area contributed by atoms with Crippen LogP contribution >= 0.6 is 0 Å². The first-order valence-corrected chi connectivity index (χ1v) is 9.28. The van der Waals surface area contributed by atoms with Gasteiger partial charge in [-0.15, -0.1) is 0 Å². The van der Waals surface area contributed by atoms with Crippen LogP contribution in [0.5, 0.6) is 0 Å². The van der Waals surface area contributed by atoms with Gasteiger partial charge in [0.25, 0.3) is 5.91 Å². The molecule has 1 amide bonds. The SMILES string of the molecule is O=C(Nc1cc(C(=O)O)c2ccccc2c1)c1cc2cc(C3CC3)ccc2[nH]1. The van der Waals surface area contributed by atoms with Crippen molar-refractivity contribution in [1.82, 2.24) is 4.98 Å². The van der Waals surface area contributed by atoms with E-state index in [0.29, 0.717) is 22.7 Å². The summed E-state index contributed by atoms with van der Waals surface area (Å²) in [4.78, 5) is 27.5. The average molecular weight is 370 g/mol. The number of H-pyrrole nitrogens is 1. The summed E-state index contributed by atoms with van der Waals surface area (Å²) in [6.07, 6.45) is 2.47. The van der Waals surface area contributed by atoms with Crippen molar-refractivity contribution in [2.24, 2.45) is 0 Å². The molecule has 3 aromatic carbocycles. The lowest BCUT2D eigenvalue weighted by molar-refractivity contribution is 0.0698. The molecule has 3 N–H and O–H groups in total. The summed E-state index contributed by atoms with van der Waals surface area (Å²) in [6, 6.07) is 18.6. The van der Waals surface area contributed by atoms with E-state index in [1.807, 2.05) is 24.3 Å². The number of hydrogen-bond acceptors (Lipinski definition) is 2. The van der Waals surface area contributed by atoms with E-state index in [4.69, 9.17) is 0 Å². The van der Waals surface area contributed by atoms with Gasteiger partial charge in [0.05, 0.1) is 5.56 Å². The van der Waals surface area contributed by atoms with Crippen molar-refractivity contribution in [2.45, 2.75) is 18.8 Å². The quantitative estimate of drug-likeness (QED) is 0.465. The second-order valence-corrected chi connectivity index (χ2v) is 7.31. The van der Waals surface area contributed by atoms with Crippen LogP contribution in [0.2, 0.25) is 0 Å². The van der Waals surface area contributed by atoms with Gasteiger partial charge in [-0.05, 0) is 65.4 Å². The number of rotatable bonds is 4. The Morgan fingerprint density at radius 1 is 0.964 bits per heavy atom. The van der Waals surface area contributed by atoms with Crippen molar-refractivity contribution in [3.05, 3.63) is 77.5 Å². The van der Waals surface area contributed by atoms with Gasteiger partial charge in [-0.1, -0.05) is 30.3 Å². The van der Waals surface area contributed by atoms with Crippen molar-refractivity contribution in [3.63, 3.8) is 0 Å². The Morgan fingerprint density at radius 2 is 1.79 bits per heavy atom. The summed E-state index contributed by atoms with van der Waals surface area (Å²) in [5.41, 5.74) is 3.31. The Hall–Kier alpha value is -3.60. The number of carboxylic acids is 1. The highest BCUT2D eigenvalue weighted by Crippen LogP contribution is 2.40. The number of aromatic carboxylic acids is 1. The van der Waals surface area contributed by atoms with Crippen molar-refractivity contribution in [1.29, 1.82) is 0 Å². The lowest BCUT2D eigenvalue weighted by Gasteiger charge is -2.08. The number of amides is 1. The Bertz CT molecular complexity index is 1250. The molecule has 1 aliphatic rings. The second-order valence-electron chi connectivity index (χ2n) is 7.31. The average Bonchev–Trinajstić information content (AvgIpc) is 3.45. The number of hydrogen-bond donors (Lipinski definition) is 3. The molecular formula is C23H18N2O3. The van der Waals surface area contributed by atoms with E-state index < -0.39 is 5.97 Å². The zero-order chi connectivity index (χ0) is 19.3. The van der Waals surface area contributed by atoms with Gasteiger partial charge in [0, 0.05) is 16.6 Å². The van der Waals surface area contributed by atoms with Crippen molar-refractivity contribution < 1.29 is 14.7 Å². The molecule has 0 bridgehead atoms. The molecule has 1 aromatic heterocycles. The van der Waals surface area contributed by atoms with Gasteiger partial charge in [-0.2, -0.15) is 0 Å². The number of nitrogens with one attached hydrogen (secondary N) is 2. The van der Waals surface area contributed by atoms with Crippen LogP contribution in [0.15, 0.2) is 60.7 Å². The fraction of sp³-hybridized carbons (Fsp3) is 0.130. The Morgan fingerprint density at radius 3 is 2.57 bits per heavy atom. The van der Waals surface area contributed by atoms with Gasteiger partial charge in [0.15, 0.2) is 0 Å². The number of benzene rings is 3. The number of aromatic amines is 1. The molecule has 0 aliphatic heterocycles. The predicted octanol–water partition coefficient (Wildman–Crippen LogP) is 5.15. The minimum atomic E-state index is -1.02. The number of anilines is 1. The number of aromatic nitrogens is 1. The molecule has 0 radical (unpaired) electrons. The topological polar surface area (TPSA) is 82.2 Å². The third-order valence-electron chi connectivity index (χ3n) is 5.29. The molecule has 0 saturated heterocycles. The van der Waals surface area contributed by atoms with E-state index in [1.165, 1.54) is 24.5 Å². The lowest BCUT2D eigenvalue weighted by atomic mass is 10.0. The van der Waals surface area contributed by atoms with Crippen LogP contribution in [-0.2, 0) is 0 Å². The van der Waals surface area contributed by atoms with E-state index in [9.17, 15) is 14.7 Å². The zero-order valence-electron chi connectivity index (χ0n) is 15.0. The maximum atomic E-state index is 12.7. The molecule has 1 fully saturated rings. The van der Waals surface area contributed by atoms with E-state index in [2.05, 4.69) is 22.4 Å². The molecule has 5 heteroatoms. The molecular weight excluding hydrogens is 352 g/mol. The molecule has 5 nitrogen and oxygen atoms in total. The van der Waals surface area contributed by atoms with Crippen LogP contribution < -0.4 is 5.32 Å². The molecule has 0 spiro atoms. The first-order valence-electron chi connectivity index (χ1n) is 9.28. The molecule has 0 unspecified atom stereocenters. The van der Waals surface area contributed by atoms with Crippen LogP contribution in [-0.4, -0.2) is 22.0 Å². The fourth-order valence-electron chi connectivity index (χ4n) is 3.70. The highest BCUT2D eigenvalue weighted by Gasteiger charge is 2.23. The first kappa shape index (κ1) is 16.6. The van der Waals surface area contributed by atoms with Gasteiger partial charge in [-0.3, -0.25) is 4.79 Å². The normalized spacial score (nSPS) is 13.7. The maximum absolute atomic E-state index is 12.7. The smallest absolute Gasteiger partial charge is 0.336 e. The minimum absolute atomic E-state index is 0.166. The third-order valence-corrected chi connectivity index (χ3v) is 5.29. The third kappa shape index (κ3) is 2.91. The molecule has 1 saturated carbocycles. The van der Waals surface area contributed by atoms with Crippen LogP contribution in [0.4, 0.5) is 5.69 Å². The second kappa shape index (κ2) is 6.23. The number of carbonyl (C=O) groups is 2. The standard InChI is InChI=1S/C23H18N2O3/c26-22(21-11-16-9-14(13-5-6-13)7-8-20(16)25-21)24-17-10-15-3-1-2-4-18(15)19(12-17)23(27)28/h1-4,7-13,25H,5-6H2,(H,24,26)(H,27,28). The summed E-state index contributed by atoms with van der Waals surface area (Å²) < 4.78 is 0. The van der Waals surface area contributed by atoms with E-state index >= 15 is 0 Å². The summed E-state index contributed by atoms with van der Waals surface area (Å²) in [7, 11) is 0. The minimum Gasteiger partial charge on any atom is -0.478 e. The molecule has 4 aromatic rings. The Labute approximate surface area is 161 Å². The van der Waals surface area contributed by atoms with Crippen molar-refractivity contribution in [3.8, 4) is 0 Å². The number of carboxylic acid groups (broad SMARTS) is 1. The van der Waals surface area contributed by atoms with Crippen LogP contribution in [0, 0.1) is 0 Å².